The largest absolute Gasteiger partial charge is 0.399 e. The smallest absolute Gasteiger partial charge is 0.258 e. The Bertz CT molecular complexity index is 692. The van der Waals surface area contributed by atoms with Crippen molar-refractivity contribution in [1.82, 2.24) is 0 Å². The number of benzene rings is 2. The zero-order chi connectivity index (χ0) is 14.9. The third-order valence-corrected chi connectivity index (χ3v) is 2.83. The molecule has 0 fully saturated rings. The highest BCUT2D eigenvalue weighted by atomic mass is 35.5. The molecule has 0 aliphatic carbocycles. The van der Waals surface area contributed by atoms with Gasteiger partial charge in [0.2, 0.25) is 0 Å². The number of hydrogen-bond donors (Lipinski definition) is 2. The molecule has 0 radical (unpaired) electrons. The number of nitrogen functional groups attached to an aromatic ring is 1. The predicted octanol–water partition coefficient (Wildman–Crippen LogP) is 3.59. The lowest BCUT2D eigenvalue weighted by Crippen LogP contribution is -2.15. The van der Waals surface area contributed by atoms with Gasteiger partial charge >= 0.3 is 0 Å². The van der Waals surface area contributed by atoms with Crippen LogP contribution in [0.5, 0.6) is 0 Å². The van der Waals surface area contributed by atoms with Crippen molar-refractivity contribution >= 4 is 28.9 Å². The van der Waals surface area contributed by atoms with Gasteiger partial charge in [0.05, 0.1) is 16.3 Å². The van der Waals surface area contributed by atoms with E-state index in [0.717, 1.165) is 6.07 Å². The predicted molar refractivity (Wildman–Crippen MR) is 70.1 cm³/mol. The lowest BCUT2D eigenvalue weighted by molar-refractivity contribution is 0.102. The Morgan fingerprint density at radius 3 is 2.45 bits per heavy atom. The second kappa shape index (κ2) is 5.42. The summed E-state index contributed by atoms with van der Waals surface area (Å²) in [5, 5.41) is 2.43. The molecule has 7 heteroatoms. The van der Waals surface area contributed by atoms with Gasteiger partial charge in [-0.3, -0.25) is 4.79 Å². The van der Waals surface area contributed by atoms with Crippen LogP contribution in [0.25, 0.3) is 0 Å². The summed E-state index contributed by atoms with van der Waals surface area (Å²) in [5.74, 6) is -5.59. The molecule has 0 spiro atoms. The molecule has 1 amide bonds. The van der Waals surface area contributed by atoms with Crippen LogP contribution in [0.2, 0.25) is 5.02 Å². The van der Waals surface area contributed by atoms with Crippen molar-refractivity contribution in [3.05, 3.63) is 58.4 Å². The van der Waals surface area contributed by atoms with E-state index in [0.29, 0.717) is 11.8 Å². The normalized spacial score (nSPS) is 10.4. The summed E-state index contributed by atoms with van der Waals surface area (Å²) >= 11 is 5.83. The average molecular weight is 301 g/mol. The van der Waals surface area contributed by atoms with Gasteiger partial charge in [-0.25, -0.2) is 13.2 Å². The first-order chi connectivity index (χ1) is 9.40. The molecule has 2 aromatic carbocycles. The molecule has 0 atom stereocenters. The third-order valence-electron chi connectivity index (χ3n) is 2.52. The Labute approximate surface area is 117 Å². The van der Waals surface area contributed by atoms with E-state index in [2.05, 4.69) is 5.32 Å². The molecule has 3 N–H and O–H groups in total. The van der Waals surface area contributed by atoms with E-state index in [9.17, 15) is 18.0 Å². The molecule has 20 heavy (non-hydrogen) atoms. The summed E-state index contributed by atoms with van der Waals surface area (Å²) < 4.78 is 39.3. The summed E-state index contributed by atoms with van der Waals surface area (Å²) in [6.07, 6.45) is 0. The van der Waals surface area contributed by atoms with Gasteiger partial charge in [-0.15, -0.1) is 0 Å². The number of carbonyl (C=O) groups excluding carboxylic acids is 1. The standard InChI is InChI=1S/C13H8ClF3N2O/c14-8-5-6(18)1-4-10(8)19-13(20)7-2-3-9(15)12(17)11(7)16/h1-5H,18H2,(H,19,20). The summed E-state index contributed by atoms with van der Waals surface area (Å²) in [7, 11) is 0. The number of carbonyl (C=O) groups is 1. The van der Waals surface area contributed by atoms with Gasteiger partial charge < -0.3 is 11.1 Å². The van der Waals surface area contributed by atoms with Crippen molar-refractivity contribution in [3.63, 3.8) is 0 Å². The third kappa shape index (κ3) is 2.70. The molecule has 0 aromatic heterocycles. The molecular weight excluding hydrogens is 293 g/mol. The van der Waals surface area contributed by atoms with E-state index >= 15 is 0 Å². The second-order valence-electron chi connectivity index (χ2n) is 3.92. The molecule has 0 saturated heterocycles. The highest BCUT2D eigenvalue weighted by molar-refractivity contribution is 6.34. The van der Waals surface area contributed by atoms with Crippen LogP contribution in [0.3, 0.4) is 0 Å². The van der Waals surface area contributed by atoms with Crippen molar-refractivity contribution in [3.8, 4) is 0 Å². The molecule has 0 heterocycles. The van der Waals surface area contributed by atoms with Crippen molar-refractivity contribution in [2.24, 2.45) is 0 Å². The molecular formula is C13H8ClF3N2O. The number of rotatable bonds is 2. The van der Waals surface area contributed by atoms with E-state index in [4.69, 9.17) is 17.3 Å². The maximum atomic E-state index is 13.5. The Balaban J connectivity index is 2.31. The van der Waals surface area contributed by atoms with E-state index in [1.807, 2.05) is 0 Å². The van der Waals surface area contributed by atoms with Crippen LogP contribution in [0.1, 0.15) is 10.4 Å². The zero-order valence-corrected chi connectivity index (χ0v) is 10.6. The first kappa shape index (κ1) is 14.2. The van der Waals surface area contributed by atoms with Crippen LogP contribution in [-0.4, -0.2) is 5.91 Å². The minimum atomic E-state index is -1.71. The Hall–Kier alpha value is -2.21. The lowest BCUT2D eigenvalue weighted by Gasteiger charge is -2.09. The quantitative estimate of drug-likeness (QED) is 0.658. The number of hydrogen-bond acceptors (Lipinski definition) is 2. The topological polar surface area (TPSA) is 55.1 Å². The van der Waals surface area contributed by atoms with Gasteiger partial charge in [-0.2, -0.15) is 0 Å². The molecule has 0 aliphatic heterocycles. The molecule has 0 saturated carbocycles. The van der Waals surface area contributed by atoms with E-state index in [-0.39, 0.29) is 10.7 Å². The highest BCUT2D eigenvalue weighted by Crippen LogP contribution is 2.25. The monoisotopic (exact) mass is 300 g/mol. The van der Waals surface area contributed by atoms with Crippen LogP contribution in [0.15, 0.2) is 30.3 Å². The van der Waals surface area contributed by atoms with Crippen molar-refractivity contribution in [1.29, 1.82) is 0 Å². The summed E-state index contributed by atoms with van der Waals surface area (Å²) in [6.45, 7) is 0. The van der Waals surface area contributed by atoms with Gasteiger partial charge in [0, 0.05) is 5.69 Å². The molecule has 2 rings (SSSR count). The Morgan fingerprint density at radius 2 is 1.80 bits per heavy atom. The fraction of sp³-hybridized carbons (Fsp3) is 0. The first-order valence-corrected chi connectivity index (χ1v) is 5.78. The van der Waals surface area contributed by atoms with Crippen molar-refractivity contribution in [2.75, 3.05) is 11.1 Å². The lowest BCUT2D eigenvalue weighted by atomic mass is 10.1. The van der Waals surface area contributed by atoms with Crippen LogP contribution in [0.4, 0.5) is 24.5 Å². The van der Waals surface area contributed by atoms with E-state index in [1.54, 1.807) is 0 Å². The van der Waals surface area contributed by atoms with Crippen LogP contribution < -0.4 is 11.1 Å². The van der Waals surface area contributed by atoms with Crippen LogP contribution >= 0.6 is 11.6 Å². The zero-order valence-electron chi connectivity index (χ0n) is 9.88. The number of amides is 1. The molecule has 0 bridgehead atoms. The van der Waals surface area contributed by atoms with Crippen LogP contribution in [-0.2, 0) is 0 Å². The van der Waals surface area contributed by atoms with Gasteiger partial charge in [0.25, 0.3) is 5.91 Å². The minimum Gasteiger partial charge on any atom is -0.399 e. The Morgan fingerprint density at radius 1 is 1.10 bits per heavy atom. The molecule has 0 aliphatic rings. The molecule has 104 valence electrons. The second-order valence-corrected chi connectivity index (χ2v) is 4.32. The van der Waals surface area contributed by atoms with Gasteiger partial charge in [0.15, 0.2) is 17.5 Å². The van der Waals surface area contributed by atoms with E-state index in [1.165, 1.54) is 18.2 Å². The fourth-order valence-electron chi connectivity index (χ4n) is 1.52. The molecule has 3 nitrogen and oxygen atoms in total. The number of anilines is 2. The number of halogens is 4. The van der Waals surface area contributed by atoms with E-state index < -0.39 is 28.9 Å². The van der Waals surface area contributed by atoms with Gasteiger partial charge in [0.1, 0.15) is 0 Å². The maximum Gasteiger partial charge on any atom is 0.258 e. The van der Waals surface area contributed by atoms with Crippen LogP contribution in [0, 0.1) is 17.5 Å². The number of nitrogens with one attached hydrogen (secondary N) is 1. The SMILES string of the molecule is Nc1ccc(NC(=O)c2ccc(F)c(F)c2F)c(Cl)c1. The number of nitrogens with two attached hydrogens (primary N) is 1. The average Bonchev–Trinajstić information content (AvgIpc) is 2.39. The molecule has 2 aromatic rings. The summed E-state index contributed by atoms with van der Waals surface area (Å²) in [6, 6.07) is 5.78. The van der Waals surface area contributed by atoms with Crippen molar-refractivity contribution < 1.29 is 18.0 Å². The maximum absolute atomic E-state index is 13.5. The molecule has 0 unspecified atom stereocenters. The summed E-state index contributed by atoms with van der Waals surface area (Å²) in [4.78, 5) is 11.8. The summed E-state index contributed by atoms with van der Waals surface area (Å²) in [5.41, 5.74) is 5.41. The highest BCUT2D eigenvalue weighted by Gasteiger charge is 2.19. The first-order valence-electron chi connectivity index (χ1n) is 5.40. The van der Waals surface area contributed by atoms with Crippen molar-refractivity contribution in [2.45, 2.75) is 0 Å². The Kier molecular flexibility index (Phi) is 3.85. The fourth-order valence-corrected chi connectivity index (χ4v) is 1.76. The van der Waals surface area contributed by atoms with Gasteiger partial charge in [-0.1, -0.05) is 11.6 Å². The minimum absolute atomic E-state index is 0.140. The van der Waals surface area contributed by atoms with Gasteiger partial charge in [-0.05, 0) is 30.3 Å².